The molecule has 0 aliphatic heterocycles. The summed E-state index contributed by atoms with van der Waals surface area (Å²) in [4.78, 5) is 14.1. The van der Waals surface area contributed by atoms with Gasteiger partial charge >= 0.3 is 12.1 Å². The van der Waals surface area contributed by atoms with Crippen LogP contribution >= 0.6 is 15.9 Å². The molecule has 0 aliphatic carbocycles. The van der Waals surface area contributed by atoms with E-state index in [0.717, 1.165) is 7.11 Å². The van der Waals surface area contributed by atoms with E-state index in [4.69, 9.17) is 0 Å². The number of rotatable bonds is 2. The third kappa shape index (κ3) is 2.95. The highest BCUT2D eigenvalue weighted by atomic mass is 79.9. The second kappa shape index (κ2) is 5.17. The van der Waals surface area contributed by atoms with Crippen molar-refractivity contribution in [2.75, 3.05) is 7.11 Å². The van der Waals surface area contributed by atoms with Gasteiger partial charge in [-0.3, -0.25) is 0 Å². The zero-order chi connectivity index (χ0) is 14.1. The molecule has 0 aromatic carbocycles. The summed E-state index contributed by atoms with van der Waals surface area (Å²) in [6.07, 6.45) is -8.02. The Morgan fingerprint density at radius 1 is 1.44 bits per heavy atom. The molecule has 1 heterocycles. The highest BCUT2D eigenvalue weighted by molar-refractivity contribution is 9.10. The molecule has 3 nitrogen and oxygen atoms in total. The summed E-state index contributed by atoms with van der Waals surface area (Å²) in [7, 11) is 0.855. The molecule has 1 rings (SSSR count). The van der Waals surface area contributed by atoms with E-state index < -0.39 is 40.0 Å². The maximum absolute atomic E-state index is 12.7. The summed E-state index contributed by atoms with van der Waals surface area (Å²) in [5, 5.41) is 0. The van der Waals surface area contributed by atoms with Gasteiger partial charge in [-0.2, -0.15) is 13.2 Å². The summed E-state index contributed by atoms with van der Waals surface area (Å²) in [6, 6.07) is 0.383. The Hall–Kier alpha value is -1.25. The number of nitrogens with zero attached hydrogens (tertiary/aromatic N) is 1. The van der Waals surface area contributed by atoms with Gasteiger partial charge in [0.15, 0.2) is 5.69 Å². The van der Waals surface area contributed by atoms with Gasteiger partial charge in [0.25, 0.3) is 6.43 Å². The molecule has 0 spiro atoms. The predicted molar refractivity (Wildman–Crippen MR) is 53.2 cm³/mol. The average Bonchev–Trinajstić information content (AvgIpc) is 2.25. The minimum absolute atomic E-state index is 0.383. The lowest BCUT2D eigenvalue weighted by atomic mass is 10.1. The Bertz CT molecular complexity index is 475. The molecule has 0 unspecified atom stereocenters. The fraction of sp³-hybridized carbons (Fsp3) is 0.333. The van der Waals surface area contributed by atoms with Gasteiger partial charge in [-0.15, -0.1) is 0 Å². The lowest BCUT2D eigenvalue weighted by Gasteiger charge is -2.12. The number of halogens is 6. The van der Waals surface area contributed by atoms with E-state index in [2.05, 4.69) is 25.7 Å². The van der Waals surface area contributed by atoms with Crippen LogP contribution in [-0.2, 0) is 10.9 Å². The van der Waals surface area contributed by atoms with E-state index in [1.807, 2.05) is 0 Å². The van der Waals surface area contributed by atoms with Crippen LogP contribution < -0.4 is 0 Å². The Morgan fingerprint density at radius 2 is 2.00 bits per heavy atom. The number of hydrogen-bond donors (Lipinski definition) is 0. The van der Waals surface area contributed by atoms with E-state index in [9.17, 15) is 26.7 Å². The Morgan fingerprint density at radius 3 is 2.39 bits per heavy atom. The first kappa shape index (κ1) is 14.8. The largest absolute Gasteiger partial charge is 0.464 e. The molecule has 1 aromatic heterocycles. The van der Waals surface area contributed by atoms with E-state index in [1.54, 1.807) is 0 Å². The Labute approximate surface area is 106 Å². The lowest BCUT2D eigenvalue weighted by molar-refractivity contribution is -0.141. The molecule has 0 N–H and O–H groups in total. The second-order valence-corrected chi connectivity index (χ2v) is 3.90. The number of hydrogen-bond acceptors (Lipinski definition) is 3. The number of alkyl halides is 5. The van der Waals surface area contributed by atoms with Gasteiger partial charge in [0.05, 0.1) is 12.7 Å². The first-order valence-corrected chi connectivity index (χ1v) is 5.12. The van der Waals surface area contributed by atoms with Crippen LogP contribution in [0.1, 0.15) is 28.2 Å². The van der Waals surface area contributed by atoms with Gasteiger partial charge in [0.1, 0.15) is 5.69 Å². The van der Waals surface area contributed by atoms with Crippen molar-refractivity contribution in [1.82, 2.24) is 4.98 Å². The number of pyridine rings is 1. The lowest BCUT2D eigenvalue weighted by Crippen LogP contribution is -2.16. The smallest absolute Gasteiger partial charge is 0.433 e. The summed E-state index contributed by atoms with van der Waals surface area (Å²) in [5.41, 5.74) is -3.46. The number of carbonyl (C=O) groups is 1. The molecule has 0 saturated carbocycles. The molecular formula is C9H5BrF5NO2. The molecule has 0 amide bonds. The van der Waals surface area contributed by atoms with Crippen molar-refractivity contribution in [3.63, 3.8) is 0 Å². The Kier molecular flexibility index (Phi) is 4.25. The Balaban J connectivity index is 3.52. The third-order valence-electron chi connectivity index (χ3n) is 1.90. The van der Waals surface area contributed by atoms with Crippen LogP contribution in [0.4, 0.5) is 22.0 Å². The molecule has 0 atom stereocenters. The maximum Gasteiger partial charge on any atom is 0.433 e. The molecule has 0 fully saturated rings. The zero-order valence-electron chi connectivity index (χ0n) is 8.69. The van der Waals surface area contributed by atoms with E-state index in [0.29, 0.717) is 6.07 Å². The van der Waals surface area contributed by atoms with Gasteiger partial charge < -0.3 is 4.74 Å². The van der Waals surface area contributed by atoms with E-state index in [-0.39, 0.29) is 0 Å². The quantitative estimate of drug-likeness (QED) is 0.613. The number of carbonyl (C=O) groups excluding carboxylic acids is 1. The van der Waals surface area contributed by atoms with Crippen molar-refractivity contribution >= 4 is 21.9 Å². The van der Waals surface area contributed by atoms with Gasteiger partial charge in [-0.25, -0.2) is 18.6 Å². The molecule has 0 bridgehead atoms. The minimum Gasteiger partial charge on any atom is -0.464 e. The molecule has 0 aliphatic rings. The summed E-state index contributed by atoms with van der Waals surface area (Å²) >= 11 is 2.56. The first-order chi connectivity index (χ1) is 8.18. The van der Waals surface area contributed by atoms with Crippen LogP contribution in [0.2, 0.25) is 0 Å². The number of methoxy groups -OCH3 is 1. The predicted octanol–water partition coefficient (Wildman–Crippen LogP) is 3.59. The van der Waals surface area contributed by atoms with E-state index in [1.165, 1.54) is 0 Å². The summed E-state index contributed by atoms with van der Waals surface area (Å²) in [5.74, 6) is -1.36. The number of esters is 1. The van der Waals surface area contributed by atoms with Crippen LogP contribution in [-0.4, -0.2) is 18.1 Å². The monoisotopic (exact) mass is 333 g/mol. The van der Waals surface area contributed by atoms with Crippen molar-refractivity contribution in [2.24, 2.45) is 0 Å². The van der Waals surface area contributed by atoms with Crippen LogP contribution in [0.25, 0.3) is 0 Å². The second-order valence-electron chi connectivity index (χ2n) is 3.04. The minimum atomic E-state index is -4.86. The molecular weight excluding hydrogens is 329 g/mol. The highest BCUT2D eigenvalue weighted by Gasteiger charge is 2.36. The summed E-state index contributed by atoms with van der Waals surface area (Å²) < 4.78 is 66.2. The fourth-order valence-electron chi connectivity index (χ4n) is 1.13. The number of aromatic nitrogens is 1. The molecule has 100 valence electrons. The van der Waals surface area contributed by atoms with Crippen LogP contribution in [0.3, 0.4) is 0 Å². The molecule has 0 saturated heterocycles. The van der Waals surface area contributed by atoms with Gasteiger partial charge in [0.2, 0.25) is 0 Å². The SMILES string of the molecule is COC(=O)c1nc(C(F)(F)F)cc(Br)c1C(F)F. The molecule has 9 heteroatoms. The molecule has 18 heavy (non-hydrogen) atoms. The normalized spacial score (nSPS) is 11.8. The van der Waals surface area contributed by atoms with Crippen LogP contribution in [0.15, 0.2) is 10.5 Å². The summed E-state index contributed by atoms with van der Waals surface area (Å²) in [6.45, 7) is 0. The topological polar surface area (TPSA) is 39.2 Å². The number of ether oxygens (including phenoxy) is 1. The van der Waals surface area contributed by atoms with Crippen molar-refractivity contribution < 1.29 is 31.5 Å². The van der Waals surface area contributed by atoms with Gasteiger partial charge in [-0.1, -0.05) is 15.9 Å². The van der Waals surface area contributed by atoms with E-state index >= 15 is 0 Å². The highest BCUT2D eigenvalue weighted by Crippen LogP contribution is 2.35. The van der Waals surface area contributed by atoms with Crippen molar-refractivity contribution in [1.29, 1.82) is 0 Å². The van der Waals surface area contributed by atoms with Crippen LogP contribution in [0, 0.1) is 0 Å². The van der Waals surface area contributed by atoms with Gasteiger partial charge in [0, 0.05) is 4.47 Å². The zero-order valence-corrected chi connectivity index (χ0v) is 10.3. The van der Waals surface area contributed by atoms with Crippen molar-refractivity contribution in [3.05, 3.63) is 27.5 Å². The average molecular weight is 334 g/mol. The van der Waals surface area contributed by atoms with Crippen LogP contribution in [0.5, 0.6) is 0 Å². The fourth-order valence-corrected chi connectivity index (χ4v) is 1.71. The molecule has 1 aromatic rings. The van der Waals surface area contributed by atoms with Crippen molar-refractivity contribution in [3.8, 4) is 0 Å². The van der Waals surface area contributed by atoms with Gasteiger partial charge in [-0.05, 0) is 6.07 Å². The van der Waals surface area contributed by atoms with Crippen molar-refractivity contribution in [2.45, 2.75) is 12.6 Å². The maximum atomic E-state index is 12.7. The molecule has 0 radical (unpaired) electrons. The third-order valence-corrected chi connectivity index (χ3v) is 2.55. The standard InChI is InChI=1S/C9H5BrF5NO2/c1-18-8(17)6-5(7(11)12)3(10)2-4(16-6)9(13,14)15/h2,7H,1H3. The first-order valence-electron chi connectivity index (χ1n) is 4.32.